The van der Waals surface area contributed by atoms with Gasteiger partial charge in [-0.3, -0.25) is 4.79 Å². The third-order valence-electron chi connectivity index (χ3n) is 5.94. The van der Waals surface area contributed by atoms with Crippen molar-refractivity contribution in [3.8, 4) is 0 Å². The molecular weight excluding hydrogens is 563 g/mol. The summed E-state index contributed by atoms with van der Waals surface area (Å²) in [7, 11) is 0. The number of carbonyl (C=O) groups excluding carboxylic acids is 2. The molecule has 0 spiro atoms. The van der Waals surface area contributed by atoms with E-state index in [9.17, 15) is 9.59 Å². The quantitative estimate of drug-likeness (QED) is 0.161. The summed E-state index contributed by atoms with van der Waals surface area (Å²) < 4.78 is 13.1. The fourth-order valence-electron chi connectivity index (χ4n) is 4.09. The molecule has 0 bridgehead atoms. The van der Waals surface area contributed by atoms with Crippen LogP contribution in [0, 0.1) is 0 Å². The molecule has 4 rings (SSSR count). The first-order chi connectivity index (χ1) is 19.6. The van der Waals surface area contributed by atoms with Crippen molar-refractivity contribution in [2.75, 3.05) is 6.61 Å². The fraction of sp³-hybridized carbons (Fsp3) is 0.258. The molecule has 0 radical (unpaired) electrons. The molecule has 0 saturated heterocycles. The Hall–Kier alpha value is -3.85. The highest BCUT2D eigenvalue weighted by Gasteiger charge is 2.24. The van der Waals surface area contributed by atoms with Crippen LogP contribution in [0.5, 0.6) is 0 Å². The third kappa shape index (κ3) is 8.82. The zero-order chi connectivity index (χ0) is 29.4. The van der Waals surface area contributed by atoms with E-state index in [1.807, 2.05) is 72.9 Å². The van der Waals surface area contributed by atoms with Gasteiger partial charge in [0.2, 0.25) is 0 Å². The molecule has 1 heterocycles. The lowest BCUT2D eigenvalue weighted by Gasteiger charge is -2.22. The molecule has 2 amide bonds. The maximum atomic E-state index is 13.0. The van der Waals surface area contributed by atoms with Gasteiger partial charge in [-0.05, 0) is 50.1 Å². The van der Waals surface area contributed by atoms with Crippen molar-refractivity contribution in [3.63, 3.8) is 0 Å². The van der Waals surface area contributed by atoms with Gasteiger partial charge in [-0.2, -0.15) is 5.10 Å². The summed E-state index contributed by atoms with van der Waals surface area (Å²) >= 11 is 12.3. The molecule has 1 atom stereocenters. The number of hydrazone groups is 1. The fourth-order valence-corrected chi connectivity index (χ4v) is 4.41. The number of aromatic nitrogens is 1. The number of fused-ring (bicyclic) bond motifs is 1. The highest BCUT2D eigenvalue weighted by atomic mass is 35.5. The highest BCUT2D eigenvalue weighted by molar-refractivity contribution is 6.42. The number of hydrogen-bond acceptors (Lipinski definition) is 5. The standard InChI is InChI=1S/C31H32Cl2N4O4/c1-31(2,3)41-30(39)35-27(20-40-19-21-9-5-4-6-10-21)29(38)36-34-16-23-18-37(28-12-8-7-11-24(23)28)17-22-13-14-25(32)26(33)15-22/h4-16,18,27H,17,19-20H2,1-3H3,(H,35,39)(H,36,38)/b34-16-/t27-/m0/s1. The number of para-hydroxylation sites is 1. The van der Waals surface area contributed by atoms with Crippen molar-refractivity contribution >= 4 is 52.3 Å². The third-order valence-corrected chi connectivity index (χ3v) is 6.68. The van der Waals surface area contributed by atoms with E-state index < -0.39 is 23.6 Å². The smallest absolute Gasteiger partial charge is 0.408 e. The van der Waals surface area contributed by atoms with Crippen LogP contribution in [-0.4, -0.2) is 41.0 Å². The predicted molar refractivity (Wildman–Crippen MR) is 162 cm³/mol. The van der Waals surface area contributed by atoms with E-state index >= 15 is 0 Å². The Labute approximate surface area is 249 Å². The van der Waals surface area contributed by atoms with Crippen LogP contribution in [0.25, 0.3) is 10.9 Å². The molecule has 0 fully saturated rings. The lowest BCUT2D eigenvalue weighted by atomic mass is 10.2. The Bertz CT molecular complexity index is 1530. The van der Waals surface area contributed by atoms with Crippen molar-refractivity contribution in [1.29, 1.82) is 0 Å². The van der Waals surface area contributed by atoms with E-state index in [1.165, 1.54) is 0 Å². The molecule has 0 aliphatic rings. The molecule has 0 saturated carbocycles. The summed E-state index contributed by atoms with van der Waals surface area (Å²) in [5.74, 6) is -0.542. The largest absolute Gasteiger partial charge is 0.444 e. The van der Waals surface area contributed by atoms with E-state index in [0.29, 0.717) is 16.6 Å². The van der Waals surface area contributed by atoms with E-state index in [0.717, 1.165) is 27.6 Å². The lowest BCUT2D eigenvalue weighted by Crippen LogP contribution is -2.49. The molecule has 0 aliphatic heterocycles. The number of nitrogens with zero attached hydrogens (tertiary/aromatic N) is 2. The second-order valence-electron chi connectivity index (χ2n) is 10.4. The first-order valence-electron chi connectivity index (χ1n) is 13.0. The molecule has 41 heavy (non-hydrogen) atoms. The number of hydrogen-bond donors (Lipinski definition) is 2. The van der Waals surface area contributed by atoms with E-state index in [2.05, 4.69) is 20.4 Å². The first kappa shape index (κ1) is 30.1. The topological polar surface area (TPSA) is 93.9 Å². The summed E-state index contributed by atoms with van der Waals surface area (Å²) in [6.07, 6.45) is 2.79. The SMILES string of the molecule is CC(C)(C)OC(=O)N[C@@H](COCc1ccccc1)C(=O)N/N=C\c1cn(Cc2ccc(Cl)c(Cl)c2)c2ccccc12. The highest BCUT2D eigenvalue weighted by Crippen LogP contribution is 2.25. The Morgan fingerprint density at radius 2 is 1.71 bits per heavy atom. The number of nitrogens with one attached hydrogen (secondary N) is 2. The summed E-state index contributed by atoms with van der Waals surface area (Å²) in [5.41, 5.74) is 5.53. The van der Waals surface area contributed by atoms with Crippen LogP contribution >= 0.6 is 23.2 Å². The van der Waals surface area contributed by atoms with Gasteiger partial charge in [0.1, 0.15) is 11.6 Å². The van der Waals surface area contributed by atoms with Crippen LogP contribution in [0.4, 0.5) is 4.79 Å². The number of benzene rings is 3. The molecule has 3 aromatic carbocycles. The Kier molecular flexibility index (Phi) is 10.0. The van der Waals surface area contributed by atoms with Crippen molar-refractivity contribution < 1.29 is 19.1 Å². The number of halogens is 2. The van der Waals surface area contributed by atoms with Crippen molar-refractivity contribution in [1.82, 2.24) is 15.3 Å². The Morgan fingerprint density at radius 3 is 2.44 bits per heavy atom. The molecule has 8 nitrogen and oxygen atoms in total. The summed E-state index contributed by atoms with van der Waals surface area (Å²) in [5, 5.41) is 8.72. The van der Waals surface area contributed by atoms with Gasteiger partial charge >= 0.3 is 6.09 Å². The maximum Gasteiger partial charge on any atom is 0.408 e. The zero-order valence-electron chi connectivity index (χ0n) is 23.1. The zero-order valence-corrected chi connectivity index (χ0v) is 24.6. The van der Waals surface area contributed by atoms with Gasteiger partial charge in [0.25, 0.3) is 5.91 Å². The van der Waals surface area contributed by atoms with Crippen molar-refractivity contribution in [3.05, 3.63) is 106 Å². The van der Waals surface area contributed by atoms with E-state index in [4.69, 9.17) is 32.7 Å². The number of ether oxygens (including phenoxy) is 2. The first-order valence-corrected chi connectivity index (χ1v) is 13.8. The average molecular weight is 596 g/mol. The van der Waals surface area contributed by atoms with Crippen molar-refractivity contribution in [2.24, 2.45) is 5.10 Å². The minimum absolute atomic E-state index is 0.0710. The molecule has 10 heteroatoms. The molecule has 0 aliphatic carbocycles. The Morgan fingerprint density at radius 1 is 0.976 bits per heavy atom. The molecule has 1 aromatic heterocycles. The van der Waals surface area contributed by atoms with Gasteiger partial charge < -0.3 is 19.4 Å². The maximum absolute atomic E-state index is 13.0. The van der Waals surface area contributed by atoms with Gasteiger partial charge in [0, 0.05) is 29.2 Å². The van der Waals surface area contributed by atoms with Gasteiger partial charge in [0.15, 0.2) is 0 Å². The molecular formula is C31H32Cl2N4O4. The van der Waals surface area contributed by atoms with Gasteiger partial charge in [0.05, 0.1) is 29.5 Å². The summed E-state index contributed by atoms with van der Waals surface area (Å²) in [6, 6.07) is 21.9. The molecule has 214 valence electrons. The minimum Gasteiger partial charge on any atom is -0.444 e. The Balaban J connectivity index is 1.46. The van der Waals surface area contributed by atoms with Crippen LogP contribution in [0.15, 0.2) is 84.1 Å². The van der Waals surface area contributed by atoms with E-state index in [-0.39, 0.29) is 13.2 Å². The van der Waals surface area contributed by atoms with Gasteiger partial charge in [-0.1, -0.05) is 77.8 Å². The number of alkyl carbamates (subject to hydrolysis) is 1. The predicted octanol–water partition coefficient (Wildman–Crippen LogP) is 6.56. The van der Waals surface area contributed by atoms with Crippen LogP contribution in [-0.2, 0) is 27.4 Å². The summed E-state index contributed by atoms with van der Waals surface area (Å²) in [6.45, 7) is 6.01. The van der Waals surface area contributed by atoms with Gasteiger partial charge in [-0.15, -0.1) is 0 Å². The molecule has 0 unspecified atom stereocenters. The van der Waals surface area contributed by atoms with Crippen LogP contribution < -0.4 is 10.7 Å². The van der Waals surface area contributed by atoms with Gasteiger partial charge in [-0.25, -0.2) is 10.2 Å². The van der Waals surface area contributed by atoms with Crippen LogP contribution in [0.1, 0.15) is 37.5 Å². The lowest BCUT2D eigenvalue weighted by molar-refractivity contribution is -0.124. The minimum atomic E-state index is -1.03. The van der Waals surface area contributed by atoms with Crippen LogP contribution in [0.3, 0.4) is 0 Å². The second kappa shape index (κ2) is 13.7. The van der Waals surface area contributed by atoms with Crippen LogP contribution in [0.2, 0.25) is 10.0 Å². The van der Waals surface area contributed by atoms with Crippen molar-refractivity contribution in [2.45, 2.75) is 45.6 Å². The number of carbonyl (C=O) groups is 2. The molecule has 2 N–H and O–H groups in total. The molecule has 4 aromatic rings. The summed E-state index contributed by atoms with van der Waals surface area (Å²) in [4.78, 5) is 25.5. The normalized spacial score (nSPS) is 12.4. The number of amides is 2. The second-order valence-corrected chi connectivity index (χ2v) is 11.2. The number of rotatable bonds is 10. The average Bonchev–Trinajstić information content (AvgIpc) is 3.27. The van der Waals surface area contributed by atoms with E-state index in [1.54, 1.807) is 33.1 Å². The monoisotopic (exact) mass is 594 g/mol.